The summed E-state index contributed by atoms with van der Waals surface area (Å²) < 4.78 is 2.30. The second-order valence-corrected chi connectivity index (χ2v) is 4.96. The van der Waals surface area contributed by atoms with E-state index in [1.165, 1.54) is 16.6 Å². The molecule has 0 amide bonds. The Morgan fingerprint density at radius 2 is 1.88 bits per heavy atom. The predicted octanol–water partition coefficient (Wildman–Crippen LogP) is 2.74. The van der Waals surface area contributed by atoms with Crippen LogP contribution in [0.3, 0.4) is 0 Å². The second kappa shape index (κ2) is 4.49. The summed E-state index contributed by atoms with van der Waals surface area (Å²) in [6, 6.07) is 4.82. The maximum absolute atomic E-state index is 5.66. The number of hydrogen-bond acceptors (Lipinski definition) is 2. The molecule has 0 saturated heterocycles. The van der Waals surface area contributed by atoms with E-state index in [0.29, 0.717) is 12.6 Å². The average molecular weight is 231 g/mol. The molecule has 0 bridgehead atoms. The highest BCUT2D eigenvalue weighted by atomic mass is 15.1. The van der Waals surface area contributed by atoms with Crippen molar-refractivity contribution in [3.63, 3.8) is 0 Å². The fourth-order valence-electron chi connectivity index (χ4n) is 2.28. The van der Waals surface area contributed by atoms with Crippen LogP contribution in [0.2, 0.25) is 0 Å². The molecule has 2 rings (SSSR count). The topological polar surface area (TPSA) is 43.8 Å². The summed E-state index contributed by atoms with van der Waals surface area (Å²) >= 11 is 0. The van der Waals surface area contributed by atoms with Gasteiger partial charge in [0.2, 0.25) is 0 Å². The number of benzene rings is 1. The molecule has 0 spiro atoms. The van der Waals surface area contributed by atoms with Gasteiger partial charge in [-0.05, 0) is 57.5 Å². The molecule has 0 aliphatic heterocycles. The van der Waals surface area contributed by atoms with E-state index in [1.54, 1.807) is 0 Å². The number of nitrogens with two attached hydrogens (primary N) is 1. The fraction of sp³-hybridized carbons (Fsp3) is 0.500. The van der Waals surface area contributed by atoms with Gasteiger partial charge in [0.1, 0.15) is 5.82 Å². The molecule has 17 heavy (non-hydrogen) atoms. The number of imidazole rings is 1. The van der Waals surface area contributed by atoms with Crippen LogP contribution in [0.25, 0.3) is 11.0 Å². The summed E-state index contributed by atoms with van der Waals surface area (Å²) in [5.74, 6) is 1.10. The lowest BCUT2D eigenvalue weighted by atomic mass is 10.1. The smallest absolute Gasteiger partial charge is 0.111 e. The van der Waals surface area contributed by atoms with E-state index in [4.69, 9.17) is 10.7 Å². The Labute approximate surface area is 103 Å². The van der Waals surface area contributed by atoms with Crippen molar-refractivity contribution >= 4 is 11.0 Å². The van der Waals surface area contributed by atoms with Crippen LogP contribution in [0.5, 0.6) is 0 Å². The molecular formula is C14H21N3. The van der Waals surface area contributed by atoms with E-state index in [9.17, 15) is 0 Å². The first kappa shape index (κ1) is 12.1. The lowest BCUT2D eigenvalue weighted by Gasteiger charge is -2.13. The van der Waals surface area contributed by atoms with Crippen molar-refractivity contribution in [2.75, 3.05) is 6.54 Å². The van der Waals surface area contributed by atoms with Gasteiger partial charge in [-0.3, -0.25) is 0 Å². The molecule has 3 nitrogen and oxygen atoms in total. The zero-order valence-electron chi connectivity index (χ0n) is 11.1. The Balaban J connectivity index is 2.71. The number of rotatable bonds is 3. The van der Waals surface area contributed by atoms with Gasteiger partial charge in [0, 0.05) is 12.5 Å². The van der Waals surface area contributed by atoms with E-state index in [1.807, 2.05) is 0 Å². The molecule has 0 atom stereocenters. The molecule has 3 heteroatoms. The molecule has 0 fully saturated rings. The zero-order chi connectivity index (χ0) is 12.6. The molecule has 0 aliphatic carbocycles. The first-order chi connectivity index (χ1) is 8.04. The minimum absolute atomic E-state index is 0.420. The Kier molecular flexibility index (Phi) is 3.20. The van der Waals surface area contributed by atoms with Crippen LogP contribution in [-0.4, -0.2) is 16.1 Å². The van der Waals surface area contributed by atoms with Crippen molar-refractivity contribution in [2.24, 2.45) is 5.73 Å². The number of nitrogens with zero attached hydrogens (tertiary/aromatic N) is 2. The van der Waals surface area contributed by atoms with Gasteiger partial charge in [-0.15, -0.1) is 0 Å². The van der Waals surface area contributed by atoms with Crippen LogP contribution in [0.1, 0.15) is 36.8 Å². The molecule has 1 aromatic heterocycles. The maximum atomic E-state index is 5.66. The highest BCUT2D eigenvalue weighted by Crippen LogP contribution is 2.24. The van der Waals surface area contributed by atoms with Gasteiger partial charge in [-0.1, -0.05) is 0 Å². The van der Waals surface area contributed by atoms with E-state index in [2.05, 4.69) is 44.4 Å². The SMILES string of the molecule is Cc1cc2nc(CCN)n(C(C)C)c2cc1C. The first-order valence-corrected chi connectivity index (χ1v) is 6.22. The van der Waals surface area contributed by atoms with Gasteiger partial charge in [-0.2, -0.15) is 0 Å². The average Bonchev–Trinajstić information content (AvgIpc) is 2.57. The van der Waals surface area contributed by atoms with Gasteiger partial charge in [0.15, 0.2) is 0 Å². The maximum Gasteiger partial charge on any atom is 0.111 e. The Hall–Kier alpha value is -1.35. The molecule has 2 aromatic rings. The van der Waals surface area contributed by atoms with Gasteiger partial charge in [-0.25, -0.2) is 4.98 Å². The summed E-state index contributed by atoms with van der Waals surface area (Å²) in [4.78, 5) is 4.71. The normalized spacial score (nSPS) is 11.6. The third-order valence-electron chi connectivity index (χ3n) is 3.26. The van der Waals surface area contributed by atoms with Crippen molar-refractivity contribution in [3.8, 4) is 0 Å². The monoisotopic (exact) mass is 231 g/mol. The largest absolute Gasteiger partial charge is 0.330 e. The summed E-state index contributed by atoms with van der Waals surface area (Å²) in [5.41, 5.74) is 10.6. The van der Waals surface area contributed by atoms with E-state index in [-0.39, 0.29) is 0 Å². The minimum Gasteiger partial charge on any atom is -0.330 e. The quantitative estimate of drug-likeness (QED) is 0.882. The van der Waals surface area contributed by atoms with Gasteiger partial charge < -0.3 is 10.3 Å². The van der Waals surface area contributed by atoms with Crippen LogP contribution in [0.15, 0.2) is 12.1 Å². The van der Waals surface area contributed by atoms with E-state index < -0.39 is 0 Å². The van der Waals surface area contributed by atoms with Gasteiger partial charge >= 0.3 is 0 Å². The molecule has 0 radical (unpaired) electrons. The van der Waals surface area contributed by atoms with Crippen molar-refractivity contribution in [2.45, 2.75) is 40.2 Å². The molecule has 92 valence electrons. The predicted molar refractivity (Wildman–Crippen MR) is 72.4 cm³/mol. The molecule has 0 saturated carbocycles. The lowest BCUT2D eigenvalue weighted by molar-refractivity contribution is 0.583. The first-order valence-electron chi connectivity index (χ1n) is 6.22. The summed E-state index contributed by atoms with van der Waals surface area (Å²) in [6.45, 7) is 9.31. The molecule has 1 heterocycles. The molecular weight excluding hydrogens is 210 g/mol. The number of hydrogen-bond donors (Lipinski definition) is 1. The third-order valence-corrected chi connectivity index (χ3v) is 3.26. The summed E-state index contributed by atoms with van der Waals surface area (Å²) in [6.07, 6.45) is 0.838. The molecule has 2 N–H and O–H groups in total. The van der Waals surface area contributed by atoms with E-state index >= 15 is 0 Å². The van der Waals surface area contributed by atoms with Crippen molar-refractivity contribution in [3.05, 3.63) is 29.1 Å². The summed E-state index contributed by atoms with van der Waals surface area (Å²) in [5, 5.41) is 0. The van der Waals surface area contributed by atoms with Crippen LogP contribution >= 0.6 is 0 Å². The minimum atomic E-state index is 0.420. The fourth-order valence-corrected chi connectivity index (χ4v) is 2.28. The number of aromatic nitrogens is 2. The molecule has 1 aromatic carbocycles. The van der Waals surface area contributed by atoms with Crippen molar-refractivity contribution in [1.29, 1.82) is 0 Å². The lowest BCUT2D eigenvalue weighted by Crippen LogP contribution is -2.11. The Bertz CT molecular complexity index is 538. The van der Waals surface area contributed by atoms with Gasteiger partial charge in [0.05, 0.1) is 11.0 Å². The van der Waals surface area contributed by atoms with Crippen LogP contribution < -0.4 is 5.73 Å². The Morgan fingerprint density at radius 1 is 1.24 bits per heavy atom. The summed E-state index contributed by atoms with van der Waals surface area (Å²) in [7, 11) is 0. The molecule has 0 aliphatic rings. The van der Waals surface area contributed by atoms with Crippen LogP contribution in [0.4, 0.5) is 0 Å². The van der Waals surface area contributed by atoms with Crippen molar-refractivity contribution < 1.29 is 0 Å². The zero-order valence-corrected chi connectivity index (χ0v) is 11.1. The highest BCUT2D eigenvalue weighted by Gasteiger charge is 2.13. The second-order valence-electron chi connectivity index (χ2n) is 4.96. The van der Waals surface area contributed by atoms with Crippen LogP contribution in [-0.2, 0) is 6.42 Å². The molecule has 0 unspecified atom stereocenters. The number of fused-ring (bicyclic) bond motifs is 1. The van der Waals surface area contributed by atoms with Crippen molar-refractivity contribution in [1.82, 2.24) is 9.55 Å². The van der Waals surface area contributed by atoms with Gasteiger partial charge in [0.25, 0.3) is 0 Å². The van der Waals surface area contributed by atoms with E-state index in [0.717, 1.165) is 17.8 Å². The standard InChI is InChI=1S/C14H21N3/c1-9(2)17-13-8-11(4)10(3)7-12(13)16-14(17)5-6-15/h7-9H,5-6,15H2,1-4H3. The van der Waals surface area contributed by atoms with Crippen LogP contribution in [0, 0.1) is 13.8 Å². The Morgan fingerprint density at radius 3 is 2.47 bits per heavy atom. The number of aryl methyl sites for hydroxylation is 2. The third kappa shape index (κ3) is 2.07. The highest BCUT2D eigenvalue weighted by molar-refractivity contribution is 5.78.